The van der Waals surface area contributed by atoms with Gasteiger partial charge in [0.25, 0.3) is 0 Å². The molecule has 22 heavy (non-hydrogen) atoms. The number of carboxylic acids is 1. The van der Waals surface area contributed by atoms with Crippen molar-refractivity contribution in [2.24, 2.45) is 0 Å². The Morgan fingerprint density at radius 1 is 1.14 bits per heavy atom. The van der Waals surface area contributed by atoms with Gasteiger partial charge in [0.15, 0.2) is 0 Å². The third-order valence-electron chi connectivity index (χ3n) is 2.80. The molecule has 114 valence electrons. The zero-order valence-electron chi connectivity index (χ0n) is 11.3. The summed E-state index contributed by atoms with van der Waals surface area (Å²) in [7, 11) is 0. The highest BCUT2D eigenvalue weighted by Crippen LogP contribution is 2.21. The summed E-state index contributed by atoms with van der Waals surface area (Å²) in [6, 6.07) is 9.97. The summed E-state index contributed by atoms with van der Waals surface area (Å²) in [5.41, 5.74) is 0.186. The molecule has 0 heterocycles. The summed E-state index contributed by atoms with van der Waals surface area (Å²) in [5.74, 6) is -2.19. The van der Waals surface area contributed by atoms with Gasteiger partial charge in [-0.3, -0.25) is 4.79 Å². The average Bonchev–Trinajstić information content (AvgIpc) is 2.46. The van der Waals surface area contributed by atoms with Gasteiger partial charge in [-0.05, 0) is 30.3 Å². The Morgan fingerprint density at radius 3 is 2.55 bits per heavy atom. The lowest BCUT2D eigenvalue weighted by molar-refractivity contribution is -0.114. The van der Waals surface area contributed by atoms with Crippen LogP contribution in [0.2, 0.25) is 5.02 Å². The molecule has 7 heteroatoms. The largest absolute Gasteiger partial charge is 0.478 e. The Hall–Kier alpha value is -2.60. The standard InChI is InChI=1S/C15H12ClFN2O3/c16-9-5-6-10(15(21)22)13(7-9)19-14(20)8-18-12-4-2-1-3-11(12)17/h1-7,18H,8H2,(H,19,20)(H,21,22). The van der Waals surface area contributed by atoms with Gasteiger partial charge in [0, 0.05) is 5.02 Å². The van der Waals surface area contributed by atoms with Crippen LogP contribution in [0.3, 0.4) is 0 Å². The van der Waals surface area contributed by atoms with Crippen molar-refractivity contribution in [3.63, 3.8) is 0 Å². The summed E-state index contributed by atoms with van der Waals surface area (Å²) in [5, 5.41) is 14.4. The second-order valence-electron chi connectivity index (χ2n) is 4.38. The van der Waals surface area contributed by atoms with Crippen LogP contribution in [0.4, 0.5) is 15.8 Å². The number of carboxylic acid groups (broad SMARTS) is 1. The molecule has 3 N–H and O–H groups in total. The third kappa shape index (κ3) is 3.95. The zero-order valence-corrected chi connectivity index (χ0v) is 12.0. The van der Waals surface area contributed by atoms with Gasteiger partial charge < -0.3 is 15.7 Å². The Balaban J connectivity index is 2.05. The van der Waals surface area contributed by atoms with Crippen LogP contribution in [0.15, 0.2) is 42.5 Å². The van der Waals surface area contributed by atoms with E-state index in [2.05, 4.69) is 10.6 Å². The van der Waals surface area contributed by atoms with Gasteiger partial charge in [0.1, 0.15) is 5.82 Å². The predicted octanol–water partition coefficient (Wildman–Crippen LogP) is 3.23. The molecule has 0 saturated heterocycles. The van der Waals surface area contributed by atoms with Gasteiger partial charge in [-0.1, -0.05) is 23.7 Å². The number of nitrogens with one attached hydrogen (secondary N) is 2. The van der Waals surface area contributed by atoms with Crippen LogP contribution in [-0.2, 0) is 4.79 Å². The predicted molar refractivity (Wildman–Crippen MR) is 81.9 cm³/mol. The van der Waals surface area contributed by atoms with Crippen LogP contribution in [0, 0.1) is 5.82 Å². The molecule has 0 atom stereocenters. The first kappa shape index (κ1) is 15.8. The van der Waals surface area contributed by atoms with Crippen LogP contribution in [0.5, 0.6) is 0 Å². The Kier molecular flexibility index (Phi) is 4.95. The molecule has 5 nitrogen and oxygen atoms in total. The summed E-state index contributed by atoms with van der Waals surface area (Å²) in [6.45, 7) is -0.216. The molecule has 2 rings (SSSR count). The molecule has 0 aliphatic heterocycles. The number of halogens is 2. The molecule has 0 fully saturated rings. The molecule has 0 spiro atoms. The van der Waals surface area contributed by atoms with Crippen molar-refractivity contribution in [3.8, 4) is 0 Å². The molecule has 0 bridgehead atoms. The summed E-state index contributed by atoms with van der Waals surface area (Å²) in [4.78, 5) is 22.9. The van der Waals surface area contributed by atoms with Gasteiger partial charge in [-0.15, -0.1) is 0 Å². The molecule has 2 aromatic carbocycles. The summed E-state index contributed by atoms with van der Waals surface area (Å²) in [6.07, 6.45) is 0. The molecular weight excluding hydrogens is 311 g/mol. The number of hydrogen-bond donors (Lipinski definition) is 3. The van der Waals surface area contributed by atoms with Crippen LogP contribution >= 0.6 is 11.6 Å². The fourth-order valence-electron chi connectivity index (χ4n) is 1.78. The summed E-state index contributed by atoms with van der Waals surface area (Å²) >= 11 is 5.79. The number of rotatable bonds is 5. The van der Waals surface area contributed by atoms with E-state index in [9.17, 15) is 14.0 Å². The van der Waals surface area contributed by atoms with Crippen LogP contribution in [0.25, 0.3) is 0 Å². The van der Waals surface area contributed by atoms with Crippen molar-refractivity contribution in [1.82, 2.24) is 0 Å². The molecule has 0 aromatic heterocycles. The van der Waals surface area contributed by atoms with Gasteiger partial charge in [-0.2, -0.15) is 0 Å². The number of carbonyl (C=O) groups excluding carboxylic acids is 1. The van der Waals surface area contributed by atoms with Crippen LogP contribution in [-0.4, -0.2) is 23.5 Å². The van der Waals surface area contributed by atoms with Crippen molar-refractivity contribution in [2.45, 2.75) is 0 Å². The van der Waals surface area contributed by atoms with Crippen molar-refractivity contribution in [3.05, 3.63) is 58.9 Å². The Morgan fingerprint density at radius 2 is 1.86 bits per heavy atom. The number of hydrogen-bond acceptors (Lipinski definition) is 3. The maximum atomic E-state index is 13.4. The first-order valence-electron chi connectivity index (χ1n) is 6.28. The highest BCUT2D eigenvalue weighted by Gasteiger charge is 2.13. The number of anilines is 2. The summed E-state index contributed by atoms with van der Waals surface area (Å²) < 4.78 is 13.4. The molecule has 2 aromatic rings. The molecule has 0 radical (unpaired) electrons. The molecule has 0 aliphatic rings. The van der Waals surface area contributed by atoms with Crippen LogP contribution < -0.4 is 10.6 Å². The van der Waals surface area contributed by atoms with Gasteiger partial charge in [-0.25, -0.2) is 9.18 Å². The number of carbonyl (C=O) groups is 2. The van der Waals surface area contributed by atoms with E-state index in [1.54, 1.807) is 6.07 Å². The minimum absolute atomic E-state index is 0.0800. The Bertz CT molecular complexity index is 722. The lowest BCUT2D eigenvalue weighted by Crippen LogP contribution is -2.23. The fourth-order valence-corrected chi connectivity index (χ4v) is 1.95. The van der Waals surface area contributed by atoms with Crippen LogP contribution in [0.1, 0.15) is 10.4 Å². The first-order chi connectivity index (χ1) is 10.5. The maximum absolute atomic E-state index is 13.4. The normalized spacial score (nSPS) is 10.1. The highest BCUT2D eigenvalue weighted by molar-refractivity contribution is 6.31. The monoisotopic (exact) mass is 322 g/mol. The van der Waals surface area contributed by atoms with E-state index >= 15 is 0 Å². The lowest BCUT2D eigenvalue weighted by atomic mass is 10.2. The van der Waals surface area contributed by atoms with E-state index in [4.69, 9.17) is 16.7 Å². The lowest BCUT2D eigenvalue weighted by Gasteiger charge is -2.10. The van der Waals surface area contributed by atoms with Gasteiger partial charge >= 0.3 is 5.97 Å². The Labute approximate surface area is 130 Å². The van der Waals surface area contributed by atoms with E-state index in [-0.39, 0.29) is 23.5 Å². The highest BCUT2D eigenvalue weighted by atomic mass is 35.5. The smallest absolute Gasteiger partial charge is 0.337 e. The number of benzene rings is 2. The van der Waals surface area contributed by atoms with E-state index < -0.39 is 17.7 Å². The zero-order chi connectivity index (χ0) is 16.1. The van der Waals surface area contributed by atoms with Crippen molar-refractivity contribution in [1.29, 1.82) is 0 Å². The number of para-hydroxylation sites is 1. The fraction of sp³-hybridized carbons (Fsp3) is 0.0667. The SMILES string of the molecule is O=C(CNc1ccccc1F)Nc1cc(Cl)ccc1C(=O)O. The third-order valence-corrected chi connectivity index (χ3v) is 3.03. The van der Waals surface area contributed by atoms with Crippen molar-refractivity contribution < 1.29 is 19.1 Å². The minimum Gasteiger partial charge on any atom is -0.478 e. The van der Waals surface area contributed by atoms with Gasteiger partial charge in [0.2, 0.25) is 5.91 Å². The van der Waals surface area contributed by atoms with E-state index in [1.165, 1.54) is 36.4 Å². The first-order valence-corrected chi connectivity index (χ1v) is 6.66. The molecule has 0 saturated carbocycles. The maximum Gasteiger partial charge on any atom is 0.337 e. The average molecular weight is 323 g/mol. The second-order valence-corrected chi connectivity index (χ2v) is 4.81. The van der Waals surface area contributed by atoms with Crippen molar-refractivity contribution in [2.75, 3.05) is 17.2 Å². The topological polar surface area (TPSA) is 78.4 Å². The molecular formula is C15H12ClFN2O3. The minimum atomic E-state index is -1.19. The van der Waals surface area contributed by atoms with E-state index in [1.807, 2.05) is 0 Å². The molecule has 1 amide bonds. The molecule has 0 unspecified atom stereocenters. The van der Waals surface area contributed by atoms with E-state index in [0.717, 1.165) is 0 Å². The number of amides is 1. The quantitative estimate of drug-likeness (QED) is 0.789. The second kappa shape index (κ2) is 6.91. The van der Waals surface area contributed by atoms with Crippen molar-refractivity contribution >= 4 is 34.9 Å². The number of aromatic carboxylic acids is 1. The molecule has 0 aliphatic carbocycles. The van der Waals surface area contributed by atoms with E-state index in [0.29, 0.717) is 5.02 Å². The van der Waals surface area contributed by atoms with Gasteiger partial charge in [0.05, 0.1) is 23.5 Å².